The minimum absolute atomic E-state index is 0.127. The normalized spacial score (nSPS) is 17.8. The molecule has 0 spiro atoms. The molecule has 100 valence electrons. The van der Waals surface area contributed by atoms with Crippen LogP contribution in [0.4, 0.5) is 0 Å². The van der Waals surface area contributed by atoms with Crippen LogP contribution in [-0.4, -0.2) is 23.9 Å². The lowest BCUT2D eigenvalue weighted by Gasteiger charge is -2.35. The highest BCUT2D eigenvalue weighted by molar-refractivity contribution is 6.30. The van der Waals surface area contributed by atoms with E-state index in [0.717, 1.165) is 18.4 Å². The highest BCUT2D eigenvalue weighted by Gasteiger charge is 2.31. The summed E-state index contributed by atoms with van der Waals surface area (Å²) in [7, 11) is 0. The number of carbonyl (C=O) groups excluding carboxylic acids is 1. The topological polar surface area (TPSA) is 44.1 Å². The maximum Gasteiger partial charge on any atom is 0.226 e. The molecule has 1 aromatic carbocycles. The molecule has 1 saturated heterocycles. The van der Waals surface area contributed by atoms with Crippen LogP contribution in [0.25, 0.3) is 0 Å². The zero-order chi connectivity index (χ0) is 13.9. The molecule has 1 amide bonds. The van der Waals surface area contributed by atoms with E-state index in [1.165, 1.54) is 0 Å². The maximum absolute atomic E-state index is 12.2. The van der Waals surface area contributed by atoms with Gasteiger partial charge >= 0.3 is 0 Å². The first-order valence-corrected chi connectivity index (χ1v) is 6.84. The van der Waals surface area contributed by atoms with Crippen molar-refractivity contribution < 1.29 is 4.79 Å². The first kappa shape index (κ1) is 13.9. The predicted octanol–water partition coefficient (Wildman–Crippen LogP) is 3.03. The second-order valence-corrected chi connectivity index (χ2v) is 5.79. The third-order valence-electron chi connectivity index (χ3n) is 3.76. The quantitative estimate of drug-likeness (QED) is 0.833. The zero-order valence-corrected chi connectivity index (χ0v) is 11.8. The predicted molar refractivity (Wildman–Crippen MR) is 74.7 cm³/mol. The van der Waals surface area contributed by atoms with Gasteiger partial charge in [0, 0.05) is 18.1 Å². The molecular weight excluding hydrogens is 260 g/mol. The van der Waals surface area contributed by atoms with Crippen molar-refractivity contribution >= 4 is 17.5 Å². The Morgan fingerprint density at radius 2 is 1.95 bits per heavy atom. The van der Waals surface area contributed by atoms with E-state index in [0.29, 0.717) is 24.5 Å². The van der Waals surface area contributed by atoms with Crippen LogP contribution in [-0.2, 0) is 11.2 Å². The van der Waals surface area contributed by atoms with Gasteiger partial charge in [-0.2, -0.15) is 5.26 Å². The second kappa shape index (κ2) is 5.63. The Morgan fingerprint density at radius 3 is 2.47 bits per heavy atom. The number of rotatable bonds is 2. The van der Waals surface area contributed by atoms with Crippen LogP contribution in [0.2, 0.25) is 5.02 Å². The highest BCUT2D eigenvalue weighted by Crippen LogP contribution is 2.29. The molecule has 4 heteroatoms. The fourth-order valence-electron chi connectivity index (χ4n) is 2.25. The average Bonchev–Trinajstić information content (AvgIpc) is 2.42. The van der Waals surface area contributed by atoms with E-state index < -0.39 is 0 Å². The van der Waals surface area contributed by atoms with E-state index in [2.05, 4.69) is 6.07 Å². The van der Waals surface area contributed by atoms with Gasteiger partial charge in [0.2, 0.25) is 5.91 Å². The van der Waals surface area contributed by atoms with E-state index in [1.807, 2.05) is 24.0 Å². The molecule has 1 aliphatic heterocycles. The lowest BCUT2D eigenvalue weighted by Crippen LogP contribution is -2.42. The standard InChI is InChI=1S/C15H17ClN2O/c1-15(11-17)6-8-18(9-7-15)14(19)10-12-2-4-13(16)5-3-12/h2-5H,6-10H2,1H3. The molecule has 0 radical (unpaired) electrons. The van der Waals surface area contributed by atoms with E-state index in [-0.39, 0.29) is 11.3 Å². The molecule has 0 N–H and O–H groups in total. The Labute approximate surface area is 118 Å². The first-order chi connectivity index (χ1) is 9.02. The number of benzene rings is 1. The second-order valence-electron chi connectivity index (χ2n) is 5.36. The van der Waals surface area contributed by atoms with Gasteiger partial charge in [0.1, 0.15) is 0 Å². The van der Waals surface area contributed by atoms with Crippen LogP contribution in [0.1, 0.15) is 25.3 Å². The highest BCUT2D eigenvalue weighted by atomic mass is 35.5. The van der Waals surface area contributed by atoms with E-state index in [9.17, 15) is 4.79 Å². The number of halogens is 1. The Morgan fingerprint density at radius 1 is 1.37 bits per heavy atom. The molecule has 0 saturated carbocycles. The number of hydrogen-bond donors (Lipinski definition) is 0. The number of piperidine rings is 1. The summed E-state index contributed by atoms with van der Waals surface area (Å²) < 4.78 is 0. The van der Waals surface area contributed by atoms with Crippen molar-refractivity contribution in [2.24, 2.45) is 5.41 Å². The van der Waals surface area contributed by atoms with Gasteiger partial charge in [-0.15, -0.1) is 0 Å². The Balaban J connectivity index is 1.92. The molecule has 0 atom stereocenters. The minimum atomic E-state index is -0.267. The van der Waals surface area contributed by atoms with Crippen molar-refractivity contribution in [3.05, 3.63) is 34.9 Å². The van der Waals surface area contributed by atoms with E-state index in [4.69, 9.17) is 16.9 Å². The van der Waals surface area contributed by atoms with E-state index in [1.54, 1.807) is 12.1 Å². The van der Waals surface area contributed by atoms with Crippen molar-refractivity contribution in [1.29, 1.82) is 5.26 Å². The van der Waals surface area contributed by atoms with E-state index >= 15 is 0 Å². The molecule has 1 aromatic rings. The molecule has 1 heterocycles. The van der Waals surface area contributed by atoms with Gasteiger partial charge in [-0.3, -0.25) is 4.79 Å². The minimum Gasteiger partial charge on any atom is -0.342 e. The van der Waals surface area contributed by atoms with Crippen LogP contribution >= 0.6 is 11.6 Å². The molecule has 0 unspecified atom stereocenters. The Bertz CT molecular complexity index is 496. The van der Waals surface area contributed by atoms with Crippen molar-refractivity contribution in [3.63, 3.8) is 0 Å². The van der Waals surface area contributed by atoms with Gasteiger partial charge in [0.05, 0.1) is 17.9 Å². The molecule has 0 bridgehead atoms. The summed E-state index contributed by atoms with van der Waals surface area (Å²) in [5, 5.41) is 9.75. The third kappa shape index (κ3) is 3.48. The molecule has 0 aliphatic carbocycles. The van der Waals surface area contributed by atoms with Crippen LogP contribution in [0.3, 0.4) is 0 Å². The largest absolute Gasteiger partial charge is 0.342 e. The average molecular weight is 277 g/mol. The summed E-state index contributed by atoms with van der Waals surface area (Å²) in [5.74, 6) is 0.127. The zero-order valence-electron chi connectivity index (χ0n) is 11.0. The first-order valence-electron chi connectivity index (χ1n) is 6.46. The molecule has 2 rings (SSSR count). The smallest absolute Gasteiger partial charge is 0.226 e. The third-order valence-corrected chi connectivity index (χ3v) is 4.01. The number of amides is 1. The molecule has 0 aromatic heterocycles. The Kier molecular flexibility index (Phi) is 4.11. The Hall–Kier alpha value is -1.53. The fourth-order valence-corrected chi connectivity index (χ4v) is 2.38. The van der Waals surface area contributed by atoms with Crippen molar-refractivity contribution in [2.75, 3.05) is 13.1 Å². The number of nitriles is 1. The van der Waals surface area contributed by atoms with Crippen LogP contribution < -0.4 is 0 Å². The summed E-state index contributed by atoms with van der Waals surface area (Å²) >= 11 is 5.82. The van der Waals surface area contributed by atoms with Gasteiger partial charge in [-0.1, -0.05) is 23.7 Å². The van der Waals surface area contributed by atoms with Gasteiger partial charge < -0.3 is 4.90 Å². The van der Waals surface area contributed by atoms with Crippen LogP contribution in [0, 0.1) is 16.7 Å². The number of nitrogens with zero attached hydrogens (tertiary/aromatic N) is 2. The summed E-state index contributed by atoms with van der Waals surface area (Å²) in [6.45, 7) is 3.32. The number of likely N-dealkylation sites (tertiary alicyclic amines) is 1. The van der Waals surface area contributed by atoms with Crippen molar-refractivity contribution in [3.8, 4) is 6.07 Å². The molecule has 1 aliphatic rings. The van der Waals surface area contributed by atoms with Gasteiger partial charge in [0.25, 0.3) is 0 Å². The maximum atomic E-state index is 12.2. The fraction of sp³-hybridized carbons (Fsp3) is 0.467. The van der Waals surface area contributed by atoms with Gasteiger partial charge in [-0.05, 0) is 37.5 Å². The van der Waals surface area contributed by atoms with Crippen molar-refractivity contribution in [1.82, 2.24) is 4.90 Å². The lowest BCUT2D eigenvalue weighted by molar-refractivity contribution is -0.132. The molecule has 3 nitrogen and oxygen atoms in total. The van der Waals surface area contributed by atoms with Crippen LogP contribution in [0.15, 0.2) is 24.3 Å². The summed E-state index contributed by atoms with van der Waals surface area (Å²) in [6.07, 6.45) is 1.92. The number of carbonyl (C=O) groups is 1. The summed E-state index contributed by atoms with van der Waals surface area (Å²) in [4.78, 5) is 14.0. The number of hydrogen-bond acceptors (Lipinski definition) is 2. The molecular formula is C15H17ClN2O. The lowest BCUT2D eigenvalue weighted by atomic mass is 9.82. The SMILES string of the molecule is CC1(C#N)CCN(C(=O)Cc2ccc(Cl)cc2)CC1. The molecule has 1 fully saturated rings. The summed E-state index contributed by atoms with van der Waals surface area (Å²) in [5.41, 5.74) is 0.708. The van der Waals surface area contributed by atoms with Crippen molar-refractivity contribution in [2.45, 2.75) is 26.2 Å². The summed E-state index contributed by atoms with van der Waals surface area (Å²) in [6, 6.07) is 9.70. The monoisotopic (exact) mass is 276 g/mol. The van der Waals surface area contributed by atoms with Crippen LogP contribution in [0.5, 0.6) is 0 Å². The molecule has 19 heavy (non-hydrogen) atoms. The van der Waals surface area contributed by atoms with Gasteiger partial charge in [-0.25, -0.2) is 0 Å². The van der Waals surface area contributed by atoms with Gasteiger partial charge in [0.15, 0.2) is 0 Å².